The zero-order valence-corrected chi connectivity index (χ0v) is 15.1. The monoisotopic (exact) mass is 377 g/mol. The van der Waals surface area contributed by atoms with E-state index in [0.29, 0.717) is 22.8 Å². The molecule has 142 valence electrons. The van der Waals surface area contributed by atoms with Crippen LogP contribution in [-0.2, 0) is 6.61 Å². The van der Waals surface area contributed by atoms with E-state index in [1.165, 1.54) is 0 Å². The van der Waals surface area contributed by atoms with E-state index in [1.54, 1.807) is 42.5 Å². The van der Waals surface area contributed by atoms with Crippen molar-refractivity contribution in [3.63, 3.8) is 0 Å². The SMILES string of the molecule is O=C(Nc1ccc(OCc2cc(C(=O)NC3CC3)no2)cc1)c1ccccc1. The first-order valence-corrected chi connectivity index (χ1v) is 9.03. The lowest BCUT2D eigenvalue weighted by Gasteiger charge is -2.07. The lowest BCUT2D eigenvalue weighted by Crippen LogP contribution is -2.25. The maximum Gasteiger partial charge on any atom is 0.273 e. The van der Waals surface area contributed by atoms with Gasteiger partial charge in [-0.15, -0.1) is 0 Å². The predicted octanol–water partition coefficient (Wildman–Crippen LogP) is 3.40. The second-order valence-corrected chi connectivity index (χ2v) is 6.56. The van der Waals surface area contributed by atoms with Crippen LogP contribution < -0.4 is 15.4 Å². The molecule has 0 radical (unpaired) electrons. The smallest absolute Gasteiger partial charge is 0.273 e. The highest BCUT2D eigenvalue weighted by Gasteiger charge is 2.25. The Hall–Kier alpha value is -3.61. The van der Waals surface area contributed by atoms with Gasteiger partial charge in [-0.05, 0) is 49.2 Å². The third kappa shape index (κ3) is 4.56. The Morgan fingerprint density at radius 1 is 1.04 bits per heavy atom. The molecule has 0 bridgehead atoms. The lowest BCUT2D eigenvalue weighted by molar-refractivity contribution is 0.0941. The van der Waals surface area contributed by atoms with Gasteiger partial charge in [0.05, 0.1) is 0 Å². The average Bonchev–Trinajstić information content (AvgIpc) is 3.41. The number of carbonyl (C=O) groups excluding carboxylic acids is 2. The van der Waals surface area contributed by atoms with Crippen LogP contribution in [0, 0.1) is 0 Å². The molecular weight excluding hydrogens is 358 g/mol. The van der Waals surface area contributed by atoms with E-state index >= 15 is 0 Å². The quantitative estimate of drug-likeness (QED) is 0.658. The number of amides is 2. The van der Waals surface area contributed by atoms with Crippen LogP contribution in [-0.4, -0.2) is 23.0 Å². The number of benzene rings is 2. The van der Waals surface area contributed by atoms with Crippen molar-refractivity contribution in [2.24, 2.45) is 0 Å². The number of hydrogen-bond acceptors (Lipinski definition) is 5. The summed E-state index contributed by atoms with van der Waals surface area (Å²) >= 11 is 0. The summed E-state index contributed by atoms with van der Waals surface area (Å²) < 4.78 is 10.8. The van der Waals surface area contributed by atoms with Gasteiger partial charge in [-0.25, -0.2) is 0 Å². The van der Waals surface area contributed by atoms with Gasteiger partial charge in [-0.2, -0.15) is 0 Å². The molecule has 0 unspecified atom stereocenters. The van der Waals surface area contributed by atoms with Crippen molar-refractivity contribution in [1.82, 2.24) is 10.5 Å². The minimum atomic E-state index is -0.226. The van der Waals surface area contributed by atoms with Gasteiger partial charge < -0.3 is 19.9 Å². The highest BCUT2D eigenvalue weighted by atomic mass is 16.5. The van der Waals surface area contributed by atoms with E-state index < -0.39 is 0 Å². The highest BCUT2D eigenvalue weighted by Crippen LogP contribution is 2.20. The molecule has 1 fully saturated rings. The number of hydrogen-bond donors (Lipinski definition) is 2. The van der Waals surface area contributed by atoms with Crippen molar-refractivity contribution in [3.05, 3.63) is 77.7 Å². The van der Waals surface area contributed by atoms with E-state index in [-0.39, 0.29) is 30.2 Å². The maximum atomic E-state index is 12.1. The fourth-order valence-corrected chi connectivity index (χ4v) is 2.56. The highest BCUT2D eigenvalue weighted by molar-refractivity contribution is 6.04. The molecule has 2 aromatic carbocycles. The molecule has 3 aromatic rings. The molecule has 28 heavy (non-hydrogen) atoms. The van der Waals surface area contributed by atoms with Gasteiger partial charge in [0.15, 0.2) is 11.5 Å². The summed E-state index contributed by atoms with van der Waals surface area (Å²) in [5, 5.41) is 9.45. The Bertz CT molecular complexity index is 963. The molecule has 1 aliphatic rings. The lowest BCUT2D eigenvalue weighted by atomic mass is 10.2. The molecule has 0 aliphatic heterocycles. The molecule has 7 nitrogen and oxygen atoms in total. The van der Waals surface area contributed by atoms with Gasteiger partial charge in [0, 0.05) is 23.4 Å². The first kappa shape index (κ1) is 17.8. The second kappa shape index (κ2) is 7.96. The molecular formula is C21H19N3O4. The topological polar surface area (TPSA) is 93.5 Å². The third-order valence-electron chi connectivity index (χ3n) is 4.23. The number of anilines is 1. The largest absolute Gasteiger partial charge is 0.486 e. The van der Waals surface area contributed by atoms with Crippen LogP contribution in [0.4, 0.5) is 5.69 Å². The maximum absolute atomic E-state index is 12.1. The van der Waals surface area contributed by atoms with Crippen LogP contribution in [0.25, 0.3) is 0 Å². The Labute approximate surface area is 161 Å². The molecule has 0 saturated heterocycles. The van der Waals surface area contributed by atoms with E-state index in [9.17, 15) is 9.59 Å². The van der Waals surface area contributed by atoms with Crippen molar-refractivity contribution in [3.8, 4) is 5.75 Å². The number of carbonyl (C=O) groups is 2. The molecule has 2 N–H and O–H groups in total. The molecule has 1 aromatic heterocycles. The zero-order valence-electron chi connectivity index (χ0n) is 15.1. The summed E-state index contributed by atoms with van der Waals surface area (Å²) in [5.74, 6) is 0.671. The summed E-state index contributed by atoms with van der Waals surface area (Å²) in [6.07, 6.45) is 2.03. The van der Waals surface area contributed by atoms with Crippen LogP contribution in [0.2, 0.25) is 0 Å². The first-order chi connectivity index (χ1) is 13.7. The number of ether oxygens (including phenoxy) is 1. The Kier molecular flexibility index (Phi) is 5.05. The second-order valence-electron chi connectivity index (χ2n) is 6.56. The van der Waals surface area contributed by atoms with Crippen molar-refractivity contribution in [2.45, 2.75) is 25.5 Å². The molecule has 4 rings (SSSR count). The normalized spacial score (nSPS) is 13.0. The summed E-state index contributed by atoms with van der Waals surface area (Å²) in [6.45, 7) is 0.152. The van der Waals surface area contributed by atoms with Gasteiger partial charge in [0.25, 0.3) is 11.8 Å². The summed E-state index contributed by atoms with van der Waals surface area (Å²) in [5.41, 5.74) is 1.51. The van der Waals surface area contributed by atoms with Gasteiger partial charge in [0.1, 0.15) is 12.4 Å². The van der Waals surface area contributed by atoms with E-state index in [4.69, 9.17) is 9.26 Å². The van der Waals surface area contributed by atoms with Crippen molar-refractivity contribution in [2.75, 3.05) is 5.32 Å². The van der Waals surface area contributed by atoms with Crippen LogP contribution in [0.15, 0.2) is 65.2 Å². The molecule has 1 heterocycles. The minimum absolute atomic E-state index is 0.152. The molecule has 2 amide bonds. The first-order valence-electron chi connectivity index (χ1n) is 9.03. The van der Waals surface area contributed by atoms with Crippen molar-refractivity contribution < 1.29 is 18.8 Å². The van der Waals surface area contributed by atoms with Gasteiger partial charge in [-0.3, -0.25) is 9.59 Å². The van der Waals surface area contributed by atoms with Crippen molar-refractivity contribution >= 4 is 17.5 Å². The van der Waals surface area contributed by atoms with Gasteiger partial charge in [0.2, 0.25) is 0 Å². The molecule has 0 atom stereocenters. The standard InChI is InChI=1S/C21H19N3O4/c25-20(14-4-2-1-3-5-14)22-16-8-10-17(11-9-16)27-13-18-12-19(24-28-18)21(26)23-15-6-7-15/h1-5,8-12,15H,6-7,13H2,(H,22,25)(H,23,26). The summed E-state index contributed by atoms with van der Waals surface area (Å²) in [7, 11) is 0. The Morgan fingerprint density at radius 2 is 1.79 bits per heavy atom. The minimum Gasteiger partial charge on any atom is -0.486 e. The van der Waals surface area contributed by atoms with Gasteiger partial charge in [-0.1, -0.05) is 23.4 Å². The van der Waals surface area contributed by atoms with E-state index in [1.807, 2.05) is 18.2 Å². The number of nitrogens with zero attached hydrogens (tertiary/aromatic N) is 1. The fourth-order valence-electron chi connectivity index (χ4n) is 2.56. The molecule has 1 saturated carbocycles. The average molecular weight is 377 g/mol. The van der Waals surface area contributed by atoms with Crippen LogP contribution in [0.3, 0.4) is 0 Å². The number of aromatic nitrogens is 1. The summed E-state index contributed by atoms with van der Waals surface area (Å²) in [6, 6.07) is 17.8. The molecule has 0 spiro atoms. The third-order valence-corrected chi connectivity index (χ3v) is 4.23. The molecule has 1 aliphatic carbocycles. The van der Waals surface area contributed by atoms with E-state index in [2.05, 4.69) is 15.8 Å². The van der Waals surface area contributed by atoms with E-state index in [0.717, 1.165) is 12.8 Å². The number of nitrogens with one attached hydrogen (secondary N) is 2. The Morgan fingerprint density at radius 3 is 2.50 bits per heavy atom. The fraction of sp³-hybridized carbons (Fsp3) is 0.190. The predicted molar refractivity (Wildman–Crippen MR) is 102 cm³/mol. The zero-order chi connectivity index (χ0) is 19.3. The van der Waals surface area contributed by atoms with Gasteiger partial charge >= 0.3 is 0 Å². The van der Waals surface area contributed by atoms with Crippen LogP contribution >= 0.6 is 0 Å². The van der Waals surface area contributed by atoms with Crippen LogP contribution in [0.5, 0.6) is 5.75 Å². The number of rotatable bonds is 7. The van der Waals surface area contributed by atoms with Crippen LogP contribution in [0.1, 0.15) is 39.4 Å². The summed E-state index contributed by atoms with van der Waals surface area (Å²) in [4.78, 5) is 24.0. The van der Waals surface area contributed by atoms with Crippen molar-refractivity contribution in [1.29, 1.82) is 0 Å². The molecule has 7 heteroatoms. The Balaban J connectivity index is 1.29.